The normalized spacial score (nSPS) is 6.09. The van der Waals surface area contributed by atoms with Crippen LogP contribution in [0.4, 0.5) is 0 Å². The Morgan fingerprint density at radius 3 is 1.00 bits per heavy atom. The molecular formula is C11H18. The van der Waals surface area contributed by atoms with Crippen LogP contribution in [-0.2, 0) is 0 Å². The van der Waals surface area contributed by atoms with Gasteiger partial charge in [-0.05, 0) is 6.92 Å². The van der Waals surface area contributed by atoms with Gasteiger partial charge < -0.3 is 0 Å². The lowest BCUT2D eigenvalue weighted by molar-refractivity contribution is 1.50. The van der Waals surface area contributed by atoms with Gasteiger partial charge in [-0.3, -0.25) is 0 Å². The summed E-state index contributed by atoms with van der Waals surface area (Å²) in [5.74, 6) is 0. The zero-order chi connectivity index (χ0) is 8.95. The topological polar surface area (TPSA) is 0 Å². The summed E-state index contributed by atoms with van der Waals surface area (Å²) in [4.78, 5) is 0. The van der Waals surface area contributed by atoms with Crippen molar-refractivity contribution in [1.82, 2.24) is 0 Å². The number of benzene rings is 1. The van der Waals surface area contributed by atoms with E-state index in [2.05, 4.69) is 6.58 Å². The Labute approximate surface area is 70.6 Å². The van der Waals surface area contributed by atoms with Crippen LogP contribution in [0.2, 0.25) is 0 Å². The van der Waals surface area contributed by atoms with Gasteiger partial charge in [0.15, 0.2) is 0 Å². The number of hydrogen-bond donors (Lipinski definition) is 0. The van der Waals surface area contributed by atoms with Crippen LogP contribution >= 0.6 is 0 Å². The maximum Gasteiger partial charge on any atom is -0.0473 e. The van der Waals surface area contributed by atoms with E-state index in [4.69, 9.17) is 0 Å². The van der Waals surface area contributed by atoms with Gasteiger partial charge in [0.2, 0.25) is 0 Å². The highest BCUT2D eigenvalue weighted by atomic mass is 13.6. The monoisotopic (exact) mass is 150 g/mol. The fourth-order valence-corrected chi connectivity index (χ4v) is 0.385. The third-order valence-electron chi connectivity index (χ3n) is 0.667. The lowest BCUT2D eigenvalue weighted by Crippen LogP contribution is -1.47. The van der Waals surface area contributed by atoms with E-state index in [1.165, 1.54) is 0 Å². The van der Waals surface area contributed by atoms with E-state index in [1.807, 2.05) is 57.2 Å². The SMILES string of the molecule is C=CC.CC.c1ccccc1. The highest BCUT2D eigenvalue weighted by molar-refractivity contribution is 4.99. The van der Waals surface area contributed by atoms with Gasteiger partial charge in [0.25, 0.3) is 0 Å². The minimum absolute atomic E-state index is 1.75. The fraction of sp³-hybridized carbons (Fsp3) is 0.273. The van der Waals surface area contributed by atoms with Crippen molar-refractivity contribution in [2.24, 2.45) is 0 Å². The number of hydrogen-bond acceptors (Lipinski definition) is 0. The Hall–Kier alpha value is -1.04. The van der Waals surface area contributed by atoms with Gasteiger partial charge in [-0.2, -0.15) is 0 Å². The summed E-state index contributed by atoms with van der Waals surface area (Å²) in [5.41, 5.74) is 0. The van der Waals surface area contributed by atoms with Crippen LogP contribution in [0.15, 0.2) is 49.1 Å². The van der Waals surface area contributed by atoms with Gasteiger partial charge in [-0.15, -0.1) is 6.58 Å². The van der Waals surface area contributed by atoms with Crippen molar-refractivity contribution < 1.29 is 0 Å². The van der Waals surface area contributed by atoms with Crippen molar-refractivity contribution in [2.45, 2.75) is 20.8 Å². The molecule has 0 spiro atoms. The second kappa shape index (κ2) is 16.0. The van der Waals surface area contributed by atoms with Gasteiger partial charge in [-0.1, -0.05) is 56.3 Å². The molecule has 62 valence electrons. The predicted octanol–water partition coefficient (Wildman–Crippen LogP) is 3.91. The molecule has 0 atom stereocenters. The Morgan fingerprint density at radius 2 is 0.909 bits per heavy atom. The molecule has 0 radical (unpaired) electrons. The molecule has 0 aliphatic carbocycles. The van der Waals surface area contributed by atoms with Crippen molar-refractivity contribution in [3.05, 3.63) is 49.1 Å². The van der Waals surface area contributed by atoms with E-state index in [-0.39, 0.29) is 0 Å². The summed E-state index contributed by atoms with van der Waals surface area (Å²) < 4.78 is 0. The van der Waals surface area contributed by atoms with Gasteiger partial charge in [-0.25, -0.2) is 0 Å². The second-order valence-corrected chi connectivity index (χ2v) is 1.56. The Morgan fingerprint density at radius 1 is 0.818 bits per heavy atom. The van der Waals surface area contributed by atoms with Crippen molar-refractivity contribution >= 4 is 0 Å². The second-order valence-electron chi connectivity index (χ2n) is 1.56. The van der Waals surface area contributed by atoms with E-state index in [0.717, 1.165) is 0 Å². The summed E-state index contributed by atoms with van der Waals surface area (Å²) in [6, 6.07) is 12.0. The first-order chi connectivity index (χ1) is 5.41. The molecule has 0 heterocycles. The van der Waals surface area contributed by atoms with Crippen LogP contribution in [0.1, 0.15) is 20.8 Å². The molecule has 0 N–H and O–H groups in total. The van der Waals surface area contributed by atoms with E-state index < -0.39 is 0 Å². The third kappa shape index (κ3) is 17.6. The van der Waals surface area contributed by atoms with Crippen molar-refractivity contribution in [2.75, 3.05) is 0 Å². The first-order valence-corrected chi connectivity index (χ1v) is 3.99. The molecule has 0 saturated heterocycles. The highest BCUT2D eigenvalue weighted by Crippen LogP contribution is 1.79. The van der Waals surface area contributed by atoms with Gasteiger partial charge in [0.05, 0.1) is 0 Å². The molecule has 11 heavy (non-hydrogen) atoms. The first-order valence-electron chi connectivity index (χ1n) is 3.99. The van der Waals surface area contributed by atoms with E-state index in [1.54, 1.807) is 6.08 Å². The summed E-state index contributed by atoms with van der Waals surface area (Å²) in [7, 11) is 0. The predicted molar refractivity (Wildman–Crippen MR) is 53.7 cm³/mol. The third-order valence-corrected chi connectivity index (χ3v) is 0.667. The lowest BCUT2D eigenvalue weighted by atomic mass is 10.4. The molecule has 0 aliphatic rings. The lowest BCUT2D eigenvalue weighted by Gasteiger charge is -1.69. The zero-order valence-electron chi connectivity index (χ0n) is 7.75. The molecule has 0 aromatic heterocycles. The number of rotatable bonds is 0. The van der Waals surface area contributed by atoms with Gasteiger partial charge >= 0.3 is 0 Å². The van der Waals surface area contributed by atoms with Crippen molar-refractivity contribution in [3.63, 3.8) is 0 Å². The molecule has 0 heteroatoms. The summed E-state index contributed by atoms with van der Waals surface area (Å²) >= 11 is 0. The quantitative estimate of drug-likeness (QED) is 0.492. The number of allylic oxidation sites excluding steroid dienone is 1. The Bertz CT molecular complexity index is 103. The fourth-order valence-electron chi connectivity index (χ4n) is 0.385. The van der Waals surface area contributed by atoms with E-state index >= 15 is 0 Å². The molecule has 0 nitrogen and oxygen atoms in total. The van der Waals surface area contributed by atoms with Crippen LogP contribution in [0.5, 0.6) is 0 Å². The Balaban J connectivity index is 0. The van der Waals surface area contributed by atoms with E-state index in [9.17, 15) is 0 Å². The van der Waals surface area contributed by atoms with Crippen LogP contribution in [0.3, 0.4) is 0 Å². The largest absolute Gasteiger partial charge is 0.103 e. The van der Waals surface area contributed by atoms with Gasteiger partial charge in [0, 0.05) is 0 Å². The molecule has 0 saturated carbocycles. The molecule has 1 aromatic rings. The molecule has 1 rings (SSSR count). The zero-order valence-corrected chi connectivity index (χ0v) is 7.75. The van der Waals surface area contributed by atoms with Crippen LogP contribution in [0, 0.1) is 0 Å². The summed E-state index contributed by atoms with van der Waals surface area (Å²) in [6.07, 6.45) is 1.75. The van der Waals surface area contributed by atoms with Crippen molar-refractivity contribution in [1.29, 1.82) is 0 Å². The maximum absolute atomic E-state index is 3.36. The first kappa shape index (κ1) is 12.6. The highest BCUT2D eigenvalue weighted by Gasteiger charge is 1.57. The summed E-state index contributed by atoms with van der Waals surface area (Å²) in [5, 5.41) is 0. The maximum atomic E-state index is 3.36. The summed E-state index contributed by atoms with van der Waals surface area (Å²) in [6.45, 7) is 9.25. The van der Waals surface area contributed by atoms with Crippen LogP contribution in [0.25, 0.3) is 0 Å². The molecular weight excluding hydrogens is 132 g/mol. The van der Waals surface area contributed by atoms with Crippen LogP contribution in [-0.4, -0.2) is 0 Å². The molecule has 0 amide bonds. The Kier molecular flexibility index (Phi) is 18.3. The minimum atomic E-state index is 1.75. The molecule has 0 unspecified atom stereocenters. The average molecular weight is 150 g/mol. The van der Waals surface area contributed by atoms with E-state index in [0.29, 0.717) is 0 Å². The minimum Gasteiger partial charge on any atom is -0.103 e. The molecule has 0 fully saturated rings. The average Bonchev–Trinajstić information content (AvgIpc) is 2.12. The smallest absolute Gasteiger partial charge is 0.0473 e. The molecule has 1 aromatic carbocycles. The molecule has 0 bridgehead atoms. The standard InChI is InChI=1S/C6H6.C3H6.C2H6/c1-2-4-6-5-3-1;1-3-2;1-2/h1-6H;3H,1H2,2H3;1-2H3. The molecule has 0 aliphatic heterocycles. The van der Waals surface area contributed by atoms with Crippen molar-refractivity contribution in [3.8, 4) is 0 Å². The van der Waals surface area contributed by atoms with Gasteiger partial charge in [0.1, 0.15) is 0 Å². The van der Waals surface area contributed by atoms with Crippen LogP contribution < -0.4 is 0 Å².